The molecule has 3 rings (SSSR count). The molecule has 1 aromatic heterocycles. The molecule has 0 spiro atoms. The molecule has 1 atom stereocenters. The van der Waals surface area contributed by atoms with Crippen LogP contribution in [0.15, 0.2) is 42.7 Å². The molecular weight excluding hydrogens is 278 g/mol. The molecule has 1 amide bonds. The van der Waals surface area contributed by atoms with Gasteiger partial charge in [0.25, 0.3) is 0 Å². The minimum absolute atomic E-state index is 0.205. The first-order valence-electron chi connectivity index (χ1n) is 7.73. The maximum absolute atomic E-state index is 11.7. The van der Waals surface area contributed by atoms with Gasteiger partial charge in [-0.05, 0) is 12.0 Å². The molecule has 1 aliphatic rings. The average molecular weight is 299 g/mol. The molecule has 1 fully saturated rings. The molecule has 0 aliphatic carbocycles. The van der Waals surface area contributed by atoms with Crippen molar-refractivity contribution in [1.29, 1.82) is 0 Å². The highest BCUT2D eigenvalue weighted by Crippen LogP contribution is 2.22. The molecule has 0 N–H and O–H groups in total. The van der Waals surface area contributed by atoms with E-state index in [9.17, 15) is 4.79 Å². The van der Waals surface area contributed by atoms with E-state index in [4.69, 9.17) is 4.74 Å². The molecule has 22 heavy (non-hydrogen) atoms. The van der Waals surface area contributed by atoms with E-state index in [1.54, 1.807) is 4.90 Å². The molecule has 0 radical (unpaired) electrons. The number of rotatable bonds is 5. The van der Waals surface area contributed by atoms with Gasteiger partial charge in [0.1, 0.15) is 5.82 Å². The summed E-state index contributed by atoms with van der Waals surface area (Å²) in [5.41, 5.74) is 1.24. The lowest BCUT2D eigenvalue weighted by Gasteiger charge is -2.26. The predicted molar refractivity (Wildman–Crippen MR) is 83.7 cm³/mol. The average Bonchev–Trinajstić information content (AvgIpc) is 3.03. The van der Waals surface area contributed by atoms with Crippen LogP contribution in [0.2, 0.25) is 0 Å². The van der Waals surface area contributed by atoms with E-state index < -0.39 is 0 Å². The Morgan fingerprint density at radius 3 is 2.86 bits per heavy atom. The van der Waals surface area contributed by atoms with E-state index in [0.717, 1.165) is 25.3 Å². The van der Waals surface area contributed by atoms with Gasteiger partial charge < -0.3 is 14.2 Å². The lowest BCUT2D eigenvalue weighted by Crippen LogP contribution is -2.39. The van der Waals surface area contributed by atoms with E-state index in [2.05, 4.69) is 28.6 Å². The highest BCUT2D eigenvalue weighted by Gasteiger charge is 2.20. The third-order valence-electron chi connectivity index (χ3n) is 4.10. The number of hydrogen-bond acceptors (Lipinski definition) is 3. The SMILES string of the molecule is C[C@@H](c1ccccc1)c1nccn1CCN1CCCOC1=O. The van der Waals surface area contributed by atoms with Gasteiger partial charge in [-0.3, -0.25) is 0 Å². The number of carbonyl (C=O) groups is 1. The molecular formula is C17H21N3O2. The monoisotopic (exact) mass is 299 g/mol. The van der Waals surface area contributed by atoms with Crippen LogP contribution in [0.4, 0.5) is 4.79 Å². The van der Waals surface area contributed by atoms with Crippen LogP contribution in [-0.4, -0.2) is 40.2 Å². The van der Waals surface area contributed by atoms with Gasteiger partial charge in [0, 0.05) is 37.9 Å². The lowest BCUT2D eigenvalue weighted by molar-refractivity contribution is 0.0715. The molecule has 5 nitrogen and oxygen atoms in total. The second-order valence-electron chi connectivity index (χ2n) is 5.57. The quantitative estimate of drug-likeness (QED) is 0.853. The Morgan fingerprint density at radius 2 is 2.09 bits per heavy atom. The van der Waals surface area contributed by atoms with Crippen molar-refractivity contribution in [2.75, 3.05) is 19.7 Å². The minimum atomic E-state index is -0.205. The van der Waals surface area contributed by atoms with Crippen molar-refractivity contribution in [1.82, 2.24) is 14.5 Å². The van der Waals surface area contributed by atoms with Crippen LogP contribution in [0, 0.1) is 0 Å². The molecule has 0 unspecified atom stereocenters. The highest BCUT2D eigenvalue weighted by molar-refractivity contribution is 5.68. The summed E-state index contributed by atoms with van der Waals surface area (Å²) < 4.78 is 7.19. The van der Waals surface area contributed by atoms with E-state index in [-0.39, 0.29) is 12.0 Å². The Bertz CT molecular complexity index is 624. The van der Waals surface area contributed by atoms with Crippen molar-refractivity contribution in [2.45, 2.75) is 25.8 Å². The Labute approximate surface area is 130 Å². The van der Waals surface area contributed by atoms with Gasteiger partial charge >= 0.3 is 6.09 Å². The molecule has 1 saturated heterocycles. The first kappa shape index (κ1) is 14.6. The maximum atomic E-state index is 11.7. The van der Waals surface area contributed by atoms with Gasteiger partial charge in [-0.1, -0.05) is 37.3 Å². The summed E-state index contributed by atoms with van der Waals surface area (Å²) in [4.78, 5) is 17.9. The van der Waals surface area contributed by atoms with E-state index >= 15 is 0 Å². The highest BCUT2D eigenvalue weighted by atomic mass is 16.6. The number of aromatic nitrogens is 2. The molecule has 0 bridgehead atoms. The summed E-state index contributed by atoms with van der Waals surface area (Å²) in [5, 5.41) is 0. The molecule has 2 heterocycles. The molecule has 5 heteroatoms. The number of cyclic esters (lactones) is 1. The summed E-state index contributed by atoms with van der Waals surface area (Å²) in [6.45, 7) is 4.86. The van der Waals surface area contributed by atoms with Gasteiger partial charge in [0.2, 0.25) is 0 Å². The Balaban J connectivity index is 1.68. The van der Waals surface area contributed by atoms with Crippen molar-refractivity contribution < 1.29 is 9.53 Å². The Hall–Kier alpha value is -2.30. The number of hydrogen-bond donors (Lipinski definition) is 0. The standard InChI is InChI=1S/C17H21N3O2/c1-14(15-6-3-2-4-7-15)16-18-8-10-19(16)11-12-20-9-5-13-22-17(20)21/h2-4,6-8,10,14H,5,9,11-13H2,1H3/t14-/m0/s1. The van der Waals surface area contributed by atoms with Crippen molar-refractivity contribution >= 4 is 6.09 Å². The first-order chi connectivity index (χ1) is 10.8. The van der Waals surface area contributed by atoms with Crippen molar-refractivity contribution in [2.24, 2.45) is 0 Å². The van der Waals surface area contributed by atoms with Crippen molar-refractivity contribution in [3.05, 3.63) is 54.1 Å². The zero-order valence-electron chi connectivity index (χ0n) is 12.8. The number of carbonyl (C=O) groups excluding carboxylic acids is 1. The van der Waals surface area contributed by atoms with Gasteiger partial charge in [-0.15, -0.1) is 0 Å². The number of nitrogens with zero attached hydrogens (tertiary/aromatic N) is 3. The van der Waals surface area contributed by atoms with Crippen LogP contribution in [0.3, 0.4) is 0 Å². The van der Waals surface area contributed by atoms with Crippen molar-refractivity contribution in [3.63, 3.8) is 0 Å². The van der Waals surface area contributed by atoms with Crippen molar-refractivity contribution in [3.8, 4) is 0 Å². The summed E-state index contributed by atoms with van der Waals surface area (Å²) in [5.74, 6) is 1.25. The van der Waals surface area contributed by atoms with Gasteiger partial charge in [-0.2, -0.15) is 0 Å². The molecule has 2 aromatic rings. The molecule has 1 aliphatic heterocycles. The number of amides is 1. The first-order valence-corrected chi connectivity index (χ1v) is 7.73. The fourth-order valence-corrected chi connectivity index (χ4v) is 2.81. The Morgan fingerprint density at radius 1 is 1.27 bits per heavy atom. The summed E-state index contributed by atoms with van der Waals surface area (Å²) in [6, 6.07) is 10.3. The smallest absolute Gasteiger partial charge is 0.409 e. The molecule has 1 aromatic carbocycles. The second kappa shape index (κ2) is 6.64. The van der Waals surface area contributed by atoms with E-state index in [1.807, 2.05) is 30.6 Å². The van der Waals surface area contributed by atoms with Crippen LogP contribution in [0.1, 0.15) is 30.7 Å². The zero-order valence-corrected chi connectivity index (χ0v) is 12.8. The normalized spacial score (nSPS) is 16.4. The lowest BCUT2D eigenvalue weighted by atomic mass is 10.0. The second-order valence-corrected chi connectivity index (χ2v) is 5.57. The van der Waals surface area contributed by atoms with E-state index in [1.165, 1.54) is 5.56 Å². The predicted octanol–water partition coefficient (Wildman–Crippen LogP) is 2.88. The fraction of sp³-hybridized carbons (Fsp3) is 0.412. The van der Waals surface area contributed by atoms with Crippen LogP contribution in [0.5, 0.6) is 0 Å². The number of ether oxygens (including phenoxy) is 1. The number of benzene rings is 1. The van der Waals surface area contributed by atoms with Gasteiger partial charge in [0.15, 0.2) is 0 Å². The number of imidazole rings is 1. The van der Waals surface area contributed by atoms with Gasteiger partial charge in [0.05, 0.1) is 6.61 Å². The fourth-order valence-electron chi connectivity index (χ4n) is 2.81. The largest absolute Gasteiger partial charge is 0.449 e. The van der Waals surface area contributed by atoms with Crippen LogP contribution in [0.25, 0.3) is 0 Å². The summed E-state index contributed by atoms with van der Waals surface area (Å²) in [7, 11) is 0. The van der Waals surface area contributed by atoms with Crippen LogP contribution < -0.4 is 0 Å². The third-order valence-corrected chi connectivity index (χ3v) is 4.10. The molecule has 0 saturated carbocycles. The molecule has 116 valence electrons. The van der Waals surface area contributed by atoms with Crippen LogP contribution >= 0.6 is 0 Å². The summed E-state index contributed by atoms with van der Waals surface area (Å²) >= 11 is 0. The zero-order chi connectivity index (χ0) is 15.4. The summed E-state index contributed by atoms with van der Waals surface area (Å²) in [6.07, 6.45) is 4.50. The van der Waals surface area contributed by atoms with Crippen LogP contribution in [-0.2, 0) is 11.3 Å². The van der Waals surface area contributed by atoms with E-state index in [0.29, 0.717) is 13.2 Å². The maximum Gasteiger partial charge on any atom is 0.409 e. The Kier molecular flexibility index (Phi) is 4.42. The topological polar surface area (TPSA) is 47.4 Å². The van der Waals surface area contributed by atoms with Gasteiger partial charge in [-0.25, -0.2) is 9.78 Å². The minimum Gasteiger partial charge on any atom is -0.449 e. The third kappa shape index (κ3) is 3.13.